The molecule has 116 valence electrons. The van der Waals surface area contributed by atoms with Crippen molar-refractivity contribution < 1.29 is 9.53 Å². The number of unbranched alkanes of at least 4 members (excludes halogenated alkanes) is 1. The Morgan fingerprint density at radius 2 is 1.82 bits per heavy atom. The van der Waals surface area contributed by atoms with Crippen LogP contribution in [-0.2, 0) is 11.2 Å². The Morgan fingerprint density at radius 1 is 1.09 bits per heavy atom. The summed E-state index contributed by atoms with van der Waals surface area (Å²) < 4.78 is 5.61. The summed E-state index contributed by atoms with van der Waals surface area (Å²) in [6.07, 6.45) is 2.56. The Kier molecular flexibility index (Phi) is 6.01. The highest BCUT2D eigenvalue weighted by Gasteiger charge is 2.06. The maximum absolute atomic E-state index is 12.1. The van der Waals surface area contributed by atoms with Crippen molar-refractivity contribution in [3.63, 3.8) is 0 Å². The standard InChI is InChI=1S/C19H23NO2/c1-3-4-13-22-18-11-9-17(10-12-18)20-19(21)14-16-8-6-5-7-15(16)2/h5-12H,3-4,13-14H2,1-2H3,(H,20,21). The van der Waals surface area contributed by atoms with Gasteiger partial charge in [-0.2, -0.15) is 0 Å². The normalized spacial score (nSPS) is 10.3. The van der Waals surface area contributed by atoms with Gasteiger partial charge in [-0.15, -0.1) is 0 Å². The minimum absolute atomic E-state index is 0.00560. The van der Waals surface area contributed by atoms with Crippen molar-refractivity contribution in [2.45, 2.75) is 33.1 Å². The van der Waals surface area contributed by atoms with Crippen LogP contribution in [-0.4, -0.2) is 12.5 Å². The third-order valence-electron chi connectivity index (χ3n) is 3.52. The molecule has 0 unspecified atom stereocenters. The van der Waals surface area contributed by atoms with Crippen LogP contribution in [0.5, 0.6) is 5.75 Å². The Bertz CT molecular complexity index is 605. The molecule has 1 N–H and O–H groups in total. The molecule has 0 fully saturated rings. The average Bonchev–Trinajstić information content (AvgIpc) is 2.51. The number of hydrogen-bond acceptors (Lipinski definition) is 2. The number of benzene rings is 2. The highest BCUT2D eigenvalue weighted by atomic mass is 16.5. The SMILES string of the molecule is CCCCOc1ccc(NC(=O)Cc2ccccc2C)cc1. The van der Waals surface area contributed by atoms with Gasteiger partial charge in [0.25, 0.3) is 0 Å². The van der Waals surface area contributed by atoms with Gasteiger partial charge in [0.15, 0.2) is 0 Å². The minimum atomic E-state index is -0.00560. The van der Waals surface area contributed by atoms with Crippen LogP contribution in [0.2, 0.25) is 0 Å². The van der Waals surface area contributed by atoms with Crippen LogP contribution >= 0.6 is 0 Å². The van der Waals surface area contributed by atoms with E-state index in [1.165, 1.54) is 0 Å². The van der Waals surface area contributed by atoms with E-state index in [9.17, 15) is 4.79 Å². The zero-order valence-corrected chi connectivity index (χ0v) is 13.3. The van der Waals surface area contributed by atoms with Crippen molar-refractivity contribution in [2.24, 2.45) is 0 Å². The molecule has 0 heterocycles. The topological polar surface area (TPSA) is 38.3 Å². The Morgan fingerprint density at radius 3 is 2.50 bits per heavy atom. The Balaban J connectivity index is 1.88. The number of carbonyl (C=O) groups is 1. The summed E-state index contributed by atoms with van der Waals surface area (Å²) >= 11 is 0. The van der Waals surface area contributed by atoms with E-state index < -0.39 is 0 Å². The molecule has 0 saturated heterocycles. The molecule has 2 aromatic rings. The van der Waals surface area contributed by atoms with Crippen molar-refractivity contribution in [3.05, 3.63) is 59.7 Å². The van der Waals surface area contributed by atoms with E-state index in [0.29, 0.717) is 6.42 Å². The average molecular weight is 297 g/mol. The molecule has 3 heteroatoms. The van der Waals surface area contributed by atoms with Crippen LogP contribution in [0.1, 0.15) is 30.9 Å². The van der Waals surface area contributed by atoms with Crippen LogP contribution in [0.3, 0.4) is 0 Å². The van der Waals surface area contributed by atoms with E-state index in [-0.39, 0.29) is 5.91 Å². The second kappa shape index (κ2) is 8.23. The summed E-state index contributed by atoms with van der Waals surface area (Å²) in [7, 11) is 0. The first kappa shape index (κ1) is 16.1. The van der Waals surface area contributed by atoms with Gasteiger partial charge >= 0.3 is 0 Å². The molecule has 2 aromatic carbocycles. The van der Waals surface area contributed by atoms with Gasteiger partial charge in [-0.1, -0.05) is 37.6 Å². The molecule has 0 spiro atoms. The number of ether oxygens (including phenoxy) is 1. The Hall–Kier alpha value is -2.29. The summed E-state index contributed by atoms with van der Waals surface area (Å²) in [4.78, 5) is 12.1. The highest BCUT2D eigenvalue weighted by molar-refractivity contribution is 5.92. The maximum atomic E-state index is 12.1. The van der Waals surface area contributed by atoms with Gasteiger partial charge in [-0.05, 0) is 48.7 Å². The van der Waals surface area contributed by atoms with E-state index in [1.807, 2.05) is 55.5 Å². The summed E-state index contributed by atoms with van der Waals surface area (Å²) in [5, 5.41) is 2.92. The van der Waals surface area contributed by atoms with Gasteiger partial charge in [-0.3, -0.25) is 4.79 Å². The number of aryl methyl sites for hydroxylation is 1. The minimum Gasteiger partial charge on any atom is -0.494 e. The van der Waals surface area contributed by atoms with Gasteiger partial charge in [0, 0.05) is 5.69 Å². The van der Waals surface area contributed by atoms with Crippen molar-refractivity contribution >= 4 is 11.6 Å². The number of carbonyl (C=O) groups excluding carboxylic acids is 1. The van der Waals surface area contributed by atoms with Crippen LogP contribution in [0.15, 0.2) is 48.5 Å². The molecule has 1 amide bonds. The molecule has 2 rings (SSSR count). The summed E-state index contributed by atoms with van der Waals surface area (Å²) in [6.45, 7) is 4.89. The summed E-state index contributed by atoms with van der Waals surface area (Å²) in [5.41, 5.74) is 2.98. The lowest BCUT2D eigenvalue weighted by Gasteiger charge is -2.09. The summed E-state index contributed by atoms with van der Waals surface area (Å²) in [5.74, 6) is 0.833. The maximum Gasteiger partial charge on any atom is 0.228 e. The zero-order valence-electron chi connectivity index (χ0n) is 13.3. The fourth-order valence-corrected chi connectivity index (χ4v) is 2.16. The molecule has 0 bridgehead atoms. The van der Waals surface area contributed by atoms with E-state index in [1.54, 1.807) is 0 Å². The van der Waals surface area contributed by atoms with E-state index >= 15 is 0 Å². The van der Waals surface area contributed by atoms with Crippen molar-refractivity contribution in [3.8, 4) is 5.75 Å². The molecule has 0 radical (unpaired) electrons. The Labute approximate surface area is 132 Å². The third-order valence-corrected chi connectivity index (χ3v) is 3.52. The molecule has 0 aromatic heterocycles. The van der Waals surface area contributed by atoms with Gasteiger partial charge in [0.1, 0.15) is 5.75 Å². The van der Waals surface area contributed by atoms with Gasteiger partial charge in [0.05, 0.1) is 13.0 Å². The fraction of sp³-hybridized carbons (Fsp3) is 0.316. The molecule has 0 aliphatic carbocycles. The third kappa shape index (κ3) is 4.92. The van der Waals surface area contributed by atoms with Crippen LogP contribution in [0.4, 0.5) is 5.69 Å². The van der Waals surface area contributed by atoms with Gasteiger partial charge in [-0.25, -0.2) is 0 Å². The smallest absolute Gasteiger partial charge is 0.228 e. The number of hydrogen-bond donors (Lipinski definition) is 1. The quantitative estimate of drug-likeness (QED) is 0.771. The molecule has 0 aliphatic heterocycles. The van der Waals surface area contributed by atoms with Crippen LogP contribution in [0.25, 0.3) is 0 Å². The van der Waals surface area contributed by atoms with E-state index in [4.69, 9.17) is 4.74 Å². The van der Waals surface area contributed by atoms with Gasteiger partial charge in [0.2, 0.25) is 5.91 Å². The van der Waals surface area contributed by atoms with Crippen LogP contribution < -0.4 is 10.1 Å². The molecule has 0 saturated carbocycles. The van der Waals surface area contributed by atoms with Gasteiger partial charge < -0.3 is 10.1 Å². The molecular weight excluding hydrogens is 274 g/mol. The second-order valence-electron chi connectivity index (χ2n) is 5.38. The number of anilines is 1. The molecule has 22 heavy (non-hydrogen) atoms. The van der Waals surface area contributed by atoms with E-state index in [2.05, 4.69) is 12.2 Å². The number of amides is 1. The van der Waals surface area contributed by atoms with Crippen molar-refractivity contribution in [1.29, 1.82) is 0 Å². The molecular formula is C19H23NO2. The van der Waals surface area contributed by atoms with Crippen molar-refractivity contribution in [2.75, 3.05) is 11.9 Å². The second-order valence-corrected chi connectivity index (χ2v) is 5.38. The molecule has 0 atom stereocenters. The van der Waals surface area contributed by atoms with Crippen molar-refractivity contribution in [1.82, 2.24) is 0 Å². The first-order valence-electron chi connectivity index (χ1n) is 7.76. The first-order valence-corrected chi connectivity index (χ1v) is 7.76. The predicted octanol–water partition coefficient (Wildman–Crippen LogP) is 4.36. The fourth-order valence-electron chi connectivity index (χ4n) is 2.16. The largest absolute Gasteiger partial charge is 0.494 e. The number of rotatable bonds is 7. The lowest BCUT2D eigenvalue weighted by Crippen LogP contribution is -2.14. The lowest BCUT2D eigenvalue weighted by atomic mass is 10.1. The highest BCUT2D eigenvalue weighted by Crippen LogP contribution is 2.17. The van der Waals surface area contributed by atoms with Crippen LogP contribution in [0, 0.1) is 6.92 Å². The first-order chi connectivity index (χ1) is 10.7. The monoisotopic (exact) mass is 297 g/mol. The zero-order chi connectivity index (χ0) is 15.8. The molecule has 3 nitrogen and oxygen atoms in total. The number of nitrogens with one attached hydrogen (secondary N) is 1. The predicted molar refractivity (Wildman–Crippen MR) is 90.4 cm³/mol. The summed E-state index contributed by atoms with van der Waals surface area (Å²) in [6, 6.07) is 15.5. The molecule has 0 aliphatic rings. The van der Waals surface area contributed by atoms with E-state index in [0.717, 1.165) is 42.0 Å². The lowest BCUT2D eigenvalue weighted by molar-refractivity contribution is -0.115.